The molecule has 4 rings (SSSR count). The first-order chi connectivity index (χ1) is 14.8. The monoisotopic (exact) mass is 459 g/mol. The van der Waals surface area contributed by atoms with Crippen LogP contribution in [0, 0.1) is 19.7 Å². The molecule has 0 saturated carbocycles. The van der Waals surface area contributed by atoms with E-state index in [4.69, 9.17) is 0 Å². The van der Waals surface area contributed by atoms with Crippen molar-refractivity contribution in [2.45, 2.75) is 18.7 Å². The summed E-state index contributed by atoms with van der Waals surface area (Å²) in [5.41, 5.74) is 1.94. The Balaban J connectivity index is 1.46. The molecule has 1 amide bonds. The minimum atomic E-state index is -3.62. The van der Waals surface area contributed by atoms with Gasteiger partial charge in [-0.2, -0.15) is 4.31 Å². The van der Waals surface area contributed by atoms with E-state index >= 15 is 0 Å². The maximum Gasteiger partial charge on any atom is 0.265 e. The standard InChI is InChI=1S/C22H22FN3O3S2/c1-15-7-8-16(2)20(13-15)31(28,29)26-11-9-25(10-12-26)22(27)19-14-24-21(30-19)17-5-3-4-6-18(17)23/h3-8,13-14H,9-12H2,1-2H3. The SMILES string of the molecule is Cc1ccc(C)c(S(=O)(=O)N2CCN(C(=O)c3cnc(-c4ccccc4F)s3)CC2)c1. The van der Waals surface area contributed by atoms with Crippen LogP contribution in [-0.2, 0) is 10.0 Å². The van der Waals surface area contributed by atoms with E-state index in [9.17, 15) is 17.6 Å². The van der Waals surface area contributed by atoms with Crippen LogP contribution in [0.1, 0.15) is 20.8 Å². The molecule has 1 fully saturated rings. The summed E-state index contributed by atoms with van der Waals surface area (Å²) >= 11 is 1.13. The maximum atomic E-state index is 14.0. The molecule has 1 aliphatic heterocycles. The number of hydrogen-bond acceptors (Lipinski definition) is 5. The Morgan fingerprint density at radius 1 is 1.06 bits per heavy atom. The molecule has 3 aromatic rings. The van der Waals surface area contributed by atoms with Crippen LogP contribution in [0.25, 0.3) is 10.6 Å². The van der Waals surface area contributed by atoms with Crippen molar-refractivity contribution >= 4 is 27.3 Å². The number of carbonyl (C=O) groups is 1. The van der Waals surface area contributed by atoms with Crippen LogP contribution < -0.4 is 0 Å². The van der Waals surface area contributed by atoms with E-state index in [2.05, 4.69) is 4.98 Å². The number of nitrogens with zero attached hydrogens (tertiary/aromatic N) is 3. The van der Waals surface area contributed by atoms with Gasteiger partial charge in [0.2, 0.25) is 10.0 Å². The van der Waals surface area contributed by atoms with E-state index in [-0.39, 0.29) is 37.9 Å². The lowest BCUT2D eigenvalue weighted by Gasteiger charge is -2.34. The van der Waals surface area contributed by atoms with E-state index in [0.29, 0.717) is 25.9 Å². The van der Waals surface area contributed by atoms with Crippen molar-refractivity contribution in [3.63, 3.8) is 0 Å². The largest absolute Gasteiger partial charge is 0.335 e. The predicted octanol–water partition coefficient (Wildman–Crippen LogP) is 3.71. The topological polar surface area (TPSA) is 70.6 Å². The Kier molecular flexibility index (Phi) is 5.92. The lowest BCUT2D eigenvalue weighted by Crippen LogP contribution is -2.50. The van der Waals surface area contributed by atoms with Gasteiger partial charge in [0.1, 0.15) is 15.7 Å². The van der Waals surface area contributed by atoms with Gasteiger partial charge in [0, 0.05) is 31.7 Å². The van der Waals surface area contributed by atoms with E-state index < -0.39 is 10.0 Å². The van der Waals surface area contributed by atoms with Crippen molar-refractivity contribution in [3.8, 4) is 10.6 Å². The van der Waals surface area contributed by atoms with Gasteiger partial charge < -0.3 is 4.90 Å². The zero-order valence-corrected chi connectivity index (χ0v) is 18.8. The van der Waals surface area contributed by atoms with Crippen LogP contribution in [-0.4, -0.2) is 54.7 Å². The third-order valence-electron chi connectivity index (χ3n) is 5.31. The van der Waals surface area contributed by atoms with Crippen LogP contribution in [0.3, 0.4) is 0 Å². The summed E-state index contributed by atoms with van der Waals surface area (Å²) in [6.07, 6.45) is 1.45. The van der Waals surface area contributed by atoms with Crippen LogP contribution in [0.2, 0.25) is 0 Å². The third-order valence-corrected chi connectivity index (χ3v) is 8.37. The zero-order chi connectivity index (χ0) is 22.2. The summed E-state index contributed by atoms with van der Waals surface area (Å²) in [7, 11) is -3.62. The second kappa shape index (κ2) is 8.49. The predicted molar refractivity (Wildman–Crippen MR) is 118 cm³/mol. The maximum absolute atomic E-state index is 14.0. The summed E-state index contributed by atoms with van der Waals surface area (Å²) in [5, 5.41) is 0.442. The van der Waals surface area contributed by atoms with Gasteiger partial charge in [-0.25, -0.2) is 17.8 Å². The number of aryl methyl sites for hydroxylation is 2. The first-order valence-corrected chi connectivity index (χ1v) is 12.1. The Bertz CT molecular complexity index is 1230. The molecule has 0 atom stereocenters. The smallest absolute Gasteiger partial charge is 0.265 e. The highest BCUT2D eigenvalue weighted by Gasteiger charge is 2.32. The molecular formula is C22H22FN3O3S2. The molecule has 6 nitrogen and oxygen atoms in total. The average Bonchev–Trinajstić information content (AvgIpc) is 3.25. The van der Waals surface area contributed by atoms with Crippen molar-refractivity contribution in [2.24, 2.45) is 0 Å². The van der Waals surface area contributed by atoms with Gasteiger partial charge in [0.25, 0.3) is 5.91 Å². The number of aromatic nitrogens is 1. The number of hydrogen-bond donors (Lipinski definition) is 0. The molecule has 0 unspecified atom stereocenters. The lowest BCUT2D eigenvalue weighted by atomic mass is 10.2. The zero-order valence-electron chi connectivity index (χ0n) is 17.2. The fraction of sp³-hybridized carbons (Fsp3) is 0.273. The number of sulfonamides is 1. The fourth-order valence-corrected chi connectivity index (χ4v) is 6.19. The van der Waals surface area contributed by atoms with Gasteiger partial charge in [-0.3, -0.25) is 4.79 Å². The molecule has 31 heavy (non-hydrogen) atoms. The molecule has 2 aromatic carbocycles. The molecule has 0 radical (unpaired) electrons. The first-order valence-electron chi connectivity index (χ1n) is 9.85. The number of carbonyl (C=O) groups excluding carboxylic acids is 1. The van der Waals surface area contributed by atoms with Crippen LogP contribution in [0.15, 0.2) is 53.6 Å². The summed E-state index contributed by atoms with van der Waals surface area (Å²) in [6.45, 7) is 4.66. The van der Waals surface area contributed by atoms with Gasteiger partial charge >= 0.3 is 0 Å². The molecule has 1 aromatic heterocycles. The van der Waals surface area contributed by atoms with Gasteiger partial charge in [-0.05, 0) is 43.2 Å². The molecule has 0 bridgehead atoms. The average molecular weight is 460 g/mol. The number of benzene rings is 2. The van der Waals surface area contributed by atoms with E-state index in [1.165, 1.54) is 16.6 Å². The van der Waals surface area contributed by atoms with Crippen molar-refractivity contribution in [1.29, 1.82) is 0 Å². The van der Waals surface area contributed by atoms with Gasteiger partial charge in [-0.15, -0.1) is 11.3 Å². The van der Waals surface area contributed by atoms with Crippen molar-refractivity contribution in [1.82, 2.24) is 14.2 Å². The van der Waals surface area contributed by atoms with Gasteiger partial charge in [-0.1, -0.05) is 24.3 Å². The molecule has 0 spiro atoms. The van der Waals surface area contributed by atoms with Gasteiger partial charge in [0.15, 0.2) is 0 Å². The summed E-state index contributed by atoms with van der Waals surface area (Å²) in [5.74, 6) is -0.606. The minimum Gasteiger partial charge on any atom is -0.335 e. The molecule has 0 N–H and O–H groups in total. The van der Waals surface area contributed by atoms with Gasteiger partial charge in [0.05, 0.1) is 11.1 Å². The number of thiazole rings is 1. The molecule has 2 heterocycles. The molecule has 9 heteroatoms. The normalized spacial score (nSPS) is 15.3. The second-order valence-corrected chi connectivity index (χ2v) is 10.4. The Labute approximate surface area is 185 Å². The number of amides is 1. The number of rotatable bonds is 4. The van der Waals surface area contributed by atoms with Crippen molar-refractivity contribution in [2.75, 3.05) is 26.2 Å². The third kappa shape index (κ3) is 4.26. The first kappa shape index (κ1) is 21.6. The van der Waals surface area contributed by atoms with Crippen LogP contribution in [0.5, 0.6) is 0 Å². The van der Waals surface area contributed by atoms with Crippen LogP contribution in [0.4, 0.5) is 4.39 Å². The molecule has 162 valence electrons. The van der Waals surface area contributed by atoms with E-state index in [0.717, 1.165) is 16.9 Å². The van der Waals surface area contributed by atoms with E-state index in [1.54, 1.807) is 42.2 Å². The highest BCUT2D eigenvalue weighted by atomic mass is 32.2. The fourth-order valence-electron chi connectivity index (χ4n) is 3.54. The highest BCUT2D eigenvalue weighted by molar-refractivity contribution is 7.89. The van der Waals surface area contributed by atoms with Crippen LogP contribution >= 0.6 is 11.3 Å². The Morgan fingerprint density at radius 2 is 1.77 bits per heavy atom. The summed E-state index contributed by atoms with van der Waals surface area (Å²) < 4.78 is 41.6. The number of piperazine rings is 1. The van der Waals surface area contributed by atoms with Crippen molar-refractivity contribution in [3.05, 3.63) is 70.5 Å². The summed E-state index contributed by atoms with van der Waals surface area (Å²) in [4.78, 5) is 19.4. The Hall–Kier alpha value is -2.62. The molecule has 0 aliphatic carbocycles. The summed E-state index contributed by atoms with van der Waals surface area (Å²) in [6, 6.07) is 11.7. The highest BCUT2D eigenvalue weighted by Crippen LogP contribution is 2.28. The second-order valence-electron chi connectivity index (χ2n) is 7.47. The molecule has 1 aliphatic rings. The minimum absolute atomic E-state index is 0.219. The quantitative estimate of drug-likeness (QED) is 0.596. The lowest BCUT2D eigenvalue weighted by molar-refractivity contribution is 0.0702. The molecule has 1 saturated heterocycles. The van der Waals surface area contributed by atoms with E-state index in [1.807, 2.05) is 13.0 Å². The Morgan fingerprint density at radius 3 is 2.48 bits per heavy atom. The molecular weight excluding hydrogens is 437 g/mol. The van der Waals surface area contributed by atoms with Crippen molar-refractivity contribution < 1.29 is 17.6 Å². The number of halogens is 1.